The number of fused-ring (bicyclic) bond motifs is 3. The van der Waals surface area contributed by atoms with Crippen LogP contribution < -0.4 is 21.3 Å². The third-order valence-electron chi connectivity index (χ3n) is 12.2. The van der Waals surface area contributed by atoms with Gasteiger partial charge in [0, 0.05) is 26.3 Å². The van der Waals surface area contributed by atoms with Crippen LogP contribution in [0.3, 0.4) is 0 Å². The number of rotatable bonds is 14. The molecule has 4 amide bonds. The van der Waals surface area contributed by atoms with Crippen molar-refractivity contribution in [3.05, 3.63) is 95.6 Å². The molecule has 2 aliphatic heterocycles. The second kappa shape index (κ2) is 21.6. The zero-order chi connectivity index (χ0) is 47.2. The monoisotopic (exact) mass is 924 g/mol. The number of nitrogens with one attached hydrogen (secondary N) is 4. The van der Waals surface area contributed by atoms with Gasteiger partial charge in [-0.15, -0.1) is 0 Å². The highest BCUT2D eigenvalue weighted by Gasteiger charge is 2.54. The molecule has 6 unspecified atom stereocenters. The van der Waals surface area contributed by atoms with Crippen molar-refractivity contribution >= 4 is 24.0 Å². The van der Waals surface area contributed by atoms with Crippen molar-refractivity contribution in [1.29, 1.82) is 0 Å². The van der Waals surface area contributed by atoms with Crippen LogP contribution in [0.2, 0.25) is 0 Å². The number of aliphatic hydroxyl groups is 7. The highest BCUT2D eigenvalue weighted by molar-refractivity contribution is 5.79. The molecule has 11 N–H and O–H groups in total. The minimum atomic E-state index is -1.95. The average Bonchev–Trinajstić information content (AvgIpc) is 3.62. The van der Waals surface area contributed by atoms with E-state index in [0.29, 0.717) is 5.56 Å². The van der Waals surface area contributed by atoms with Crippen molar-refractivity contribution in [2.24, 2.45) is 0 Å². The third-order valence-corrected chi connectivity index (χ3v) is 12.2. The Morgan fingerprint density at radius 1 is 0.606 bits per heavy atom. The molecule has 4 aliphatic rings. The number of hydrogen-bond donors (Lipinski definition) is 11. The fraction of sp³-hybridized carbons (Fsp3) is 0.511. The Kier molecular flexibility index (Phi) is 15.9. The van der Waals surface area contributed by atoms with E-state index in [1.54, 1.807) is 30.3 Å². The van der Waals surface area contributed by atoms with E-state index in [1.165, 1.54) is 13.8 Å². The minimum Gasteiger partial charge on any atom is -0.449 e. The van der Waals surface area contributed by atoms with Gasteiger partial charge in [0.2, 0.25) is 11.8 Å². The van der Waals surface area contributed by atoms with Gasteiger partial charge in [-0.1, -0.05) is 78.9 Å². The molecule has 1 saturated carbocycles. The normalized spacial score (nSPS) is 32.8. The molecular weight excluding hydrogens is 869 g/mol. The number of ether oxygens (including phenoxy) is 6. The molecule has 2 saturated heterocycles. The summed E-state index contributed by atoms with van der Waals surface area (Å²) in [6.07, 6.45) is -22.8. The van der Waals surface area contributed by atoms with Crippen LogP contribution in [0.4, 0.5) is 9.59 Å². The second-order valence-corrected chi connectivity index (χ2v) is 16.7. The van der Waals surface area contributed by atoms with Crippen LogP contribution in [-0.4, -0.2) is 171 Å². The van der Waals surface area contributed by atoms with Gasteiger partial charge in [0.15, 0.2) is 12.6 Å². The molecule has 21 heteroatoms. The molecule has 358 valence electrons. The van der Waals surface area contributed by atoms with Crippen molar-refractivity contribution in [3.63, 3.8) is 0 Å². The van der Waals surface area contributed by atoms with E-state index in [1.807, 2.05) is 48.5 Å². The van der Waals surface area contributed by atoms with Crippen molar-refractivity contribution < 1.29 is 83.3 Å². The van der Waals surface area contributed by atoms with Crippen LogP contribution in [0.25, 0.3) is 11.1 Å². The molecule has 21 nitrogen and oxygen atoms in total. The number of amides is 4. The molecule has 3 aromatic rings. The van der Waals surface area contributed by atoms with Gasteiger partial charge in [0.25, 0.3) is 0 Å². The largest absolute Gasteiger partial charge is 0.449 e. The first kappa shape index (κ1) is 48.6. The first-order valence-electron chi connectivity index (χ1n) is 21.6. The minimum absolute atomic E-state index is 0.0689. The summed E-state index contributed by atoms with van der Waals surface area (Å²) in [6.45, 7) is 0.942. The van der Waals surface area contributed by atoms with Gasteiger partial charge in [-0.05, 0) is 34.2 Å². The lowest BCUT2D eigenvalue weighted by Gasteiger charge is -2.49. The van der Waals surface area contributed by atoms with Crippen LogP contribution >= 0.6 is 0 Å². The van der Waals surface area contributed by atoms with E-state index in [2.05, 4.69) is 21.3 Å². The fourth-order valence-corrected chi connectivity index (χ4v) is 8.97. The van der Waals surface area contributed by atoms with Crippen molar-refractivity contribution in [2.75, 3.05) is 19.8 Å². The van der Waals surface area contributed by atoms with E-state index in [-0.39, 0.29) is 25.6 Å². The Hall–Kier alpha value is -5.30. The Morgan fingerprint density at radius 3 is 1.73 bits per heavy atom. The molecule has 3 fully saturated rings. The lowest BCUT2D eigenvalue weighted by molar-refractivity contribution is -0.334. The van der Waals surface area contributed by atoms with Gasteiger partial charge in [-0.3, -0.25) is 9.59 Å². The van der Waals surface area contributed by atoms with E-state index in [4.69, 9.17) is 28.4 Å². The molecule has 7 rings (SSSR count). The Labute approximate surface area is 378 Å². The predicted molar refractivity (Wildman–Crippen MR) is 227 cm³/mol. The number of carbonyl (C=O) groups excluding carboxylic acids is 4. The number of carbonyl (C=O) groups is 4. The summed E-state index contributed by atoms with van der Waals surface area (Å²) in [6, 6.07) is 20.3. The number of benzene rings is 3. The zero-order valence-electron chi connectivity index (χ0n) is 36.0. The van der Waals surface area contributed by atoms with E-state index >= 15 is 0 Å². The molecule has 0 radical (unpaired) electrons. The molecule has 15 atom stereocenters. The lowest BCUT2D eigenvalue weighted by atomic mass is 9.83. The quantitative estimate of drug-likeness (QED) is 0.0887. The van der Waals surface area contributed by atoms with E-state index in [0.717, 1.165) is 22.3 Å². The van der Waals surface area contributed by atoms with Crippen LogP contribution in [0.5, 0.6) is 0 Å². The Bertz CT molecular complexity index is 2110. The summed E-state index contributed by atoms with van der Waals surface area (Å²) in [7, 11) is 0. The summed E-state index contributed by atoms with van der Waals surface area (Å²) in [4.78, 5) is 50.8. The highest BCUT2D eigenvalue weighted by atomic mass is 16.7. The summed E-state index contributed by atoms with van der Waals surface area (Å²) >= 11 is 0. The summed E-state index contributed by atoms with van der Waals surface area (Å²) < 4.78 is 34.6. The molecule has 2 aliphatic carbocycles. The van der Waals surface area contributed by atoms with Gasteiger partial charge in [0.05, 0.1) is 24.7 Å². The van der Waals surface area contributed by atoms with Gasteiger partial charge in [-0.25, -0.2) is 9.59 Å². The van der Waals surface area contributed by atoms with Gasteiger partial charge < -0.3 is 85.4 Å². The molecule has 2 heterocycles. The molecule has 0 bridgehead atoms. The molecule has 66 heavy (non-hydrogen) atoms. The summed E-state index contributed by atoms with van der Waals surface area (Å²) in [5.41, 5.74) is 4.59. The lowest BCUT2D eigenvalue weighted by Crippen LogP contribution is -2.70. The van der Waals surface area contributed by atoms with Gasteiger partial charge in [-0.2, -0.15) is 0 Å². The number of hydrogen-bond acceptors (Lipinski definition) is 17. The number of aliphatic hydroxyl groups excluding tert-OH is 7. The second-order valence-electron chi connectivity index (χ2n) is 16.7. The topological polar surface area (TPSA) is 313 Å². The van der Waals surface area contributed by atoms with Crippen LogP contribution in [0.15, 0.2) is 78.9 Å². The van der Waals surface area contributed by atoms with Crippen molar-refractivity contribution in [2.45, 2.75) is 125 Å². The first-order valence-corrected chi connectivity index (χ1v) is 21.6. The first-order chi connectivity index (χ1) is 31.6. The van der Waals surface area contributed by atoms with Crippen molar-refractivity contribution in [3.8, 4) is 11.1 Å². The molecule has 0 aromatic heterocycles. The Morgan fingerprint density at radius 2 is 1.15 bits per heavy atom. The summed E-state index contributed by atoms with van der Waals surface area (Å²) in [5.74, 6) is -1.49. The van der Waals surface area contributed by atoms with Gasteiger partial charge in [0.1, 0.15) is 74.3 Å². The third kappa shape index (κ3) is 10.9. The van der Waals surface area contributed by atoms with E-state index < -0.39 is 129 Å². The Balaban J connectivity index is 1.05. The van der Waals surface area contributed by atoms with Gasteiger partial charge >= 0.3 is 12.2 Å². The predicted octanol–water partition coefficient (Wildman–Crippen LogP) is -1.39. The highest BCUT2D eigenvalue weighted by Crippen LogP contribution is 2.44. The molecule has 0 spiro atoms. The SMILES string of the molecule is CC(=O)NC1C[C@@H](NC(C)=O)C(O[C@H]2OC(CO)[C@@H](O)C(NC(=O)OCC3c4ccccc4-c4ccccc43)[C@H]2O)[C@@H](O)[C@@H]1O[C@H]1OC(CNC(=O)OCc2ccccc2)[C@@H](O)[C@H](O)C1O. The molecule has 3 aromatic carbocycles. The number of alkyl carbamates (subject to hydrolysis) is 2. The van der Waals surface area contributed by atoms with Crippen LogP contribution in [0.1, 0.15) is 42.9 Å². The zero-order valence-corrected chi connectivity index (χ0v) is 36.0. The smallest absolute Gasteiger partial charge is 0.407 e. The van der Waals surface area contributed by atoms with E-state index in [9.17, 15) is 54.9 Å². The maximum absolute atomic E-state index is 13.4. The molecular formula is C45H56N4O17. The fourth-order valence-electron chi connectivity index (χ4n) is 8.97. The van der Waals surface area contributed by atoms with Crippen molar-refractivity contribution in [1.82, 2.24) is 21.3 Å². The maximum Gasteiger partial charge on any atom is 0.407 e. The standard InChI is InChI=1S/C45H56N4O17/c1-21(51)47-29-16-30(48-22(2)52)41(66-43-38(57)37(56)35(54)31(63-43)17-46-44(59)61-19-23-10-4-3-5-11-23)39(58)40(29)65-42-36(55)33(34(53)32(18-50)64-42)49-45(60)62-20-28-26-14-8-6-12-24(26)25-13-7-9-15-27(25)28/h3-15,28-43,50,53-58H,16-20H2,1-2H3,(H,46,59)(H,47,51)(H,48,52)(H,49,60)/t29-,30?,31?,32?,33?,34-,35-,36-,37+,38?,39-,40?,41-,42-,43-/m1/s1. The average molecular weight is 925 g/mol. The summed E-state index contributed by atoms with van der Waals surface area (Å²) in [5, 5.41) is 87.8. The maximum atomic E-state index is 13.4. The van der Waals surface area contributed by atoms with Crippen LogP contribution in [0, 0.1) is 0 Å². The van der Waals surface area contributed by atoms with Crippen LogP contribution in [-0.2, 0) is 44.6 Å².